The standard InChI is InChI=1S/C18H22Cl2N4O3S2/c1-11(2)8-24-17(14-4-3-12(19)7-15(14)20)22-23-18(24)28-9-16(25)21-13-5-6-29(26,27)10-13/h3-4,7,11,13H,5-6,8-10H2,1-2H3,(H,21,25). The summed E-state index contributed by atoms with van der Waals surface area (Å²) < 4.78 is 25.0. The smallest absolute Gasteiger partial charge is 0.230 e. The van der Waals surface area contributed by atoms with Gasteiger partial charge in [0.15, 0.2) is 20.8 Å². The van der Waals surface area contributed by atoms with Crippen LogP contribution in [0.25, 0.3) is 11.4 Å². The molecule has 1 aromatic carbocycles. The van der Waals surface area contributed by atoms with Crippen LogP contribution in [-0.2, 0) is 21.2 Å². The first-order chi connectivity index (χ1) is 13.6. The first-order valence-electron chi connectivity index (χ1n) is 9.16. The zero-order valence-corrected chi connectivity index (χ0v) is 19.2. The maximum atomic E-state index is 12.3. The second-order valence-electron chi connectivity index (χ2n) is 7.39. The average molecular weight is 477 g/mol. The number of hydrogen-bond acceptors (Lipinski definition) is 6. The lowest BCUT2D eigenvalue weighted by Crippen LogP contribution is -2.36. The van der Waals surface area contributed by atoms with E-state index in [0.717, 1.165) is 5.56 Å². The van der Waals surface area contributed by atoms with Gasteiger partial charge in [-0.1, -0.05) is 48.8 Å². The van der Waals surface area contributed by atoms with Crippen molar-refractivity contribution in [1.82, 2.24) is 20.1 Å². The molecule has 0 radical (unpaired) electrons. The van der Waals surface area contributed by atoms with Crippen LogP contribution in [0.5, 0.6) is 0 Å². The van der Waals surface area contributed by atoms with E-state index in [0.29, 0.717) is 39.9 Å². The van der Waals surface area contributed by atoms with Gasteiger partial charge < -0.3 is 9.88 Å². The maximum Gasteiger partial charge on any atom is 0.230 e. The molecular weight excluding hydrogens is 455 g/mol. The van der Waals surface area contributed by atoms with Gasteiger partial charge in [0.2, 0.25) is 5.91 Å². The van der Waals surface area contributed by atoms with Crippen LogP contribution in [0, 0.1) is 5.92 Å². The second-order valence-corrected chi connectivity index (χ2v) is 11.4. The quantitative estimate of drug-likeness (QED) is 0.615. The summed E-state index contributed by atoms with van der Waals surface area (Å²) in [6.07, 6.45) is 0.460. The molecule has 1 unspecified atom stereocenters. The topological polar surface area (TPSA) is 94.0 Å². The molecule has 1 saturated heterocycles. The van der Waals surface area contributed by atoms with Crippen molar-refractivity contribution < 1.29 is 13.2 Å². The number of rotatable bonds is 7. The molecule has 7 nitrogen and oxygen atoms in total. The summed E-state index contributed by atoms with van der Waals surface area (Å²) in [4.78, 5) is 12.3. The predicted octanol–water partition coefficient (Wildman–Crippen LogP) is 3.30. The highest BCUT2D eigenvalue weighted by Gasteiger charge is 2.29. The van der Waals surface area contributed by atoms with Crippen molar-refractivity contribution in [3.05, 3.63) is 28.2 Å². The third-order valence-electron chi connectivity index (χ3n) is 4.37. The number of carbonyl (C=O) groups excluding carboxylic acids is 1. The molecule has 29 heavy (non-hydrogen) atoms. The minimum absolute atomic E-state index is 0.00610. The molecule has 1 aliphatic heterocycles. The Kier molecular flexibility index (Phi) is 7.14. The Morgan fingerprint density at radius 1 is 1.34 bits per heavy atom. The summed E-state index contributed by atoms with van der Waals surface area (Å²) in [5, 5.41) is 12.9. The van der Waals surface area contributed by atoms with Crippen LogP contribution >= 0.6 is 35.0 Å². The Balaban J connectivity index is 1.73. The van der Waals surface area contributed by atoms with Crippen LogP contribution in [0.4, 0.5) is 0 Å². The fourth-order valence-corrected chi connectivity index (χ4v) is 6.03. The Hall–Kier alpha value is -1.29. The van der Waals surface area contributed by atoms with Gasteiger partial charge in [-0.3, -0.25) is 4.79 Å². The summed E-state index contributed by atoms with van der Waals surface area (Å²) >= 11 is 13.6. The lowest BCUT2D eigenvalue weighted by atomic mass is 10.2. The van der Waals surface area contributed by atoms with Crippen LogP contribution < -0.4 is 5.32 Å². The number of hydrogen-bond donors (Lipinski definition) is 1. The maximum absolute atomic E-state index is 12.3. The SMILES string of the molecule is CC(C)Cn1c(SCC(=O)NC2CCS(=O)(=O)C2)nnc1-c1ccc(Cl)cc1Cl. The van der Waals surface area contributed by atoms with Crippen molar-refractivity contribution in [2.24, 2.45) is 5.92 Å². The van der Waals surface area contributed by atoms with Crippen LogP contribution in [0.2, 0.25) is 10.0 Å². The minimum Gasteiger partial charge on any atom is -0.352 e. The summed E-state index contributed by atoms with van der Waals surface area (Å²) in [6.45, 7) is 4.82. The van der Waals surface area contributed by atoms with E-state index in [1.807, 2.05) is 4.57 Å². The Morgan fingerprint density at radius 3 is 2.72 bits per heavy atom. The van der Waals surface area contributed by atoms with E-state index in [-0.39, 0.29) is 29.2 Å². The normalized spacial score (nSPS) is 18.3. The summed E-state index contributed by atoms with van der Waals surface area (Å²) in [6, 6.07) is 4.88. The van der Waals surface area contributed by atoms with Crippen molar-refractivity contribution in [2.75, 3.05) is 17.3 Å². The molecule has 158 valence electrons. The Labute approximate surface area is 184 Å². The molecule has 1 atom stereocenters. The Bertz CT molecular complexity index is 1010. The van der Waals surface area contributed by atoms with Gasteiger partial charge in [-0.25, -0.2) is 8.42 Å². The van der Waals surface area contributed by atoms with Gasteiger partial charge in [0.25, 0.3) is 0 Å². The minimum atomic E-state index is -3.03. The lowest BCUT2D eigenvalue weighted by Gasteiger charge is -2.14. The van der Waals surface area contributed by atoms with Gasteiger partial charge in [0.1, 0.15) is 0 Å². The molecule has 1 amide bonds. The van der Waals surface area contributed by atoms with Gasteiger partial charge in [-0.2, -0.15) is 0 Å². The molecule has 0 saturated carbocycles. The number of amides is 1. The second kappa shape index (κ2) is 9.24. The molecule has 1 N–H and O–H groups in total. The molecule has 3 rings (SSSR count). The van der Waals surface area contributed by atoms with Gasteiger partial charge in [-0.15, -0.1) is 10.2 Å². The number of aromatic nitrogens is 3. The number of benzene rings is 1. The molecule has 2 aromatic rings. The molecular formula is C18H22Cl2N4O3S2. The number of thioether (sulfide) groups is 1. The summed E-state index contributed by atoms with van der Waals surface area (Å²) in [5.41, 5.74) is 0.719. The van der Waals surface area contributed by atoms with Crippen LogP contribution in [0.3, 0.4) is 0 Å². The molecule has 0 aliphatic carbocycles. The van der Waals surface area contributed by atoms with Crippen LogP contribution in [0.1, 0.15) is 20.3 Å². The van der Waals surface area contributed by atoms with Crippen LogP contribution in [-0.4, -0.2) is 52.4 Å². The van der Waals surface area contributed by atoms with Crippen molar-refractivity contribution in [3.8, 4) is 11.4 Å². The molecule has 0 spiro atoms. The first kappa shape index (κ1) is 22.4. The van der Waals surface area contributed by atoms with E-state index in [4.69, 9.17) is 23.2 Å². The number of sulfone groups is 1. The van der Waals surface area contributed by atoms with E-state index in [1.54, 1.807) is 18.2 Å². The van der Waals surface area contributed by atoms with Gasteiger partial charge in [-0.05, 0) is 30.5 Å². The number of halogens is 2. The Morgan fingerprint density at radius 2 is 2.10 bits per heavy atom. The average Bonchev–Trinajstić information content (AvgIpc) is 3.15. The molecule has 11 heteroatoms. The highest BCUT2D eigenvalue weighted by molar-refractivity contribution is 7.99. The molecule has 1 aliphatic rings. The number of nitrogens with zero attached hydrogens (tertiary/aromatic N) is 3. The van der Waals surface area contributed by atoms with Crippen molar-refractivity contribution in [2.45, 2.75) is 38.0 Å². The van der Waals surface area contributed by atoms with Crippen molar-refractivity contribution >= 4 is 50.7 Å². The molecule has 0 bridgehead atoms. The van der Waals surface area contributed by atoms with Gasteiger partial charge >= 0.3 is 0 Å². The molecule has 1 aromatic heterocycles. The van der Waals surface area contributed by atoms with Crippen molar-refractivity contribution in [1.29, 1.82) is 0 Å². The third kappa shape index (κ3) is 5.87. The van der Waals surface area contributed by atoms with E-state index in [2.05, 4.69) is 29.4 Å². The largest absolute Gasteiger partial charge is 0.352 e. The van der Waals surface area contributed by atoms with E-state index < -0.39 is 9.84 Å². The highest BCUT2D eigenvalue weighted by Crippen LogP contribution is 2.32. The van der Waals surface area contributed by atoms with E-state index >= 15 is 0 Å². The fraction of sp³-hybridized carbons (Fsp3) is 0.500. The third-order valence-corrected chi connectivity index (χ3v) is 7.65. The summed E-state index contributed by atoms with van der Waals surface area (Å²) in [7, 11) is -3.03. The predicted molar refractivity (Wildman–Crippen MR) is 116 cm³/mol. The van der Waals surface area contributed by atoms with Gasteiger partial charge in [0, 0.05) is 23.2 Å². The van der Waals surface area contributed by atoms with Crippen molar-refractivity contribution in [3.63, 3.8) is 0 Å². The first-order valence-corrected chi connectivity index (χ1v) is 12.7. The zero-order valence-electron chi connectivity index (χ0n) is 16.1. The molecule has 1 fully saturated rings. The molecule has 2 heterocycles. The zero-order chi connectivity index (χ0) is 21.2. The fourth-order valence-electron chi connectivity index (χ4n) is 3.10. The monoisotopic (exact) mass is 476 g/mol. The highest BCUT2D eigenvalue weighted by atomic mass is 35.5. The number of nitrogens with one attached hydrogen (secondary N) is 1. The van der Waals surface area contributed by atoms with E-state index in [1.165, 1.54) is 11.8 Å². The summed E-state index contributed by atoms with van der Waals surface area (Å²) in [5.74, 6) is 0.979. The van der Waals surface area contributed by atoms with Crippen LogP contribution in [0.15, 0.2) is 23.4 Å². The number of carbonyl (C=O) groups is 1. The van der Waals surface area contributed by atoms with Gasteiger partial charge in [0.05, 0.1) is 22.3 Å². The lowest BCUT2D eigenvalue weighted by molar-refractivity contribution is -0.119. The van der Waals surface area contributed by atoms with E-state index in [9.17, 15) is 13.2 Å².